The van der Waals surface area contributed by atoms with E-state index in [1.54, 1.807) is 0 Å². The largest absolute Gasteiger partial charge is 0.347 e. The number of hydrogen-bond donors (Lipinski definition) is 1. The Bertz CT molecular complexity index is 376. The van der Waals surface area contributed by atoms with Gasteiger partial charge in [-0.15, -0.1) is 0 Å². The van der Waals surface area contributed by atoms with Gasteiger partial charge in [-0.05, 0) is 24.8 Å². The van der Waals surface area contributed by atoms with Gasteiger partial charge in [0, 0.05) is 25.7 Å². The molecule has 0 aliphatic carbocycles. The van der Waals surface area contributed by atoms with Gasteiger partial charge in [0.25, 0.3) is 0 Å². The van der Waals surface area contributed by atoms with Crippen LogP contribution in [0.3, 0.4) is 0 Å². The maximum absolute atomic E-state index is 12.3. The van der Waals surface area contributed by atoms with E-state index >= 15 is 0 Å². The molecule has 1 fully saturated rings. The van der Waals surface area contributed by atoms with Gasteiger partial charge in [0.1, 0.15) is 6.04 Å². The SMILES string of the molecule is O=CN[C@H]1CCCCN(CC2=CCN=CC2)C1=O. The number of nitrogens with one attached hydrogen (secondary N) is 1. The number of rotatable bonds is 4. The molecule has 5 heteroatoms. The van der Waals surface area contributed by atoms with Crippen LogP contribution in [0.15, 0.2) is 16.6 Å². The first-order valence-corrected chi connectivity index (χ1v) is 6.46. The summed E-state index contributed by atoms with van der Waals surface area (Å²) >= 11 is 0. The van der Waals surface area contributed by atoms with Crippen molar-refractivity contribution in [3.05, 3.63) is 11.6 Å². The molecule has 5 nitrogen and oxygen atoms in total. The number of dihydropyridines is 1. The quantitative estimate of drug-likeness (QED) is 0.583. The summed E-state index contributed by atoms with van der Waals surface area (Å²) in [6.45, 7) is 2.17. The first-order valence-electron chi connectivity index (χ1n) is 6.46. The maximum atomic E-state index is 12.3. The van der Waals surface area contributed by atoms with Crippen LogP contribution in [0.5, 0.6) is 0 Å². The second-order valence-corrected chi connectivity index (χ2v) is 4.71. The third-order valence-corrected chi connectivity index (χ3v) is 3.41. The normalized spacial score (nSPS) is 24.4. The van der Waals surface area contributed by atoms with Crippen molar-refractivity contribution < 1.29 is 9.59 Å². The minimum atomic E-state index is -0.345. The molecule has 2 aliphatic rings. The Kier molecular flexibility index (Phi) is 4.50. The lowest BCUT2D eigenvalue weighted by Gasteiger charge is -2.25. The fraction of sp³-hybridized carbons (Fsp3) is 0.615. The second-order valence-electron chi connectivity index (χ2n) is 4.71. The number of carbonyl (C=O) groups is 2. The van der Waals surface area contributed by atoms with Gasteiger partial charge in [-0.2, -0.15) is 0 Å². The van der Waals surface area contributed by atoms with Gasteiger partial charge in [0.05, 0.1) is 6.54 Å². The van der Waals surface area contributed by atoms with Crippen molar-refractivity contribution in [1.82, 2.24) is 10.2 Å². The highest BCUT2D eigenvalue weighted by molar-refractivity contribution is 5.84. The van der Waals surface area contributed by atoms with E-state index in [2.05, 4.69) is 16.4 Å². The zero-order chi connectivity index (χ0) is 12.8. The average molecular weight is 249 g/mol. The molecule has 0 radical (unpaired) electrons. The Balaban J connectivity index is 1.98. The second kappa shape index (κ2) is 6.33. The number of nitrogens with zero attached hydrogens (tertiary/aromatic N) is 2. The van der Waals surface area contributed by atoms with E-state index in [9.17, 15) is 9.59 Å². The number of hydrogen-bond acceptors (Lipinski definition) is 3. The molecule has 1 atom stereocenters. The Hall–Kier alpha value is -1.65. The third-order valence-electron chi connectivity index (χ3n) is 3.41. The van der Waals surface area contributed by atoms with Crippen LogP contribution in [-0.4, -0.2) is 49.1 Å². The highest BCUT2D eigenvalue weighted by Gasteiger charge is 2.26. The van der Waals surface area contributed by atoms with E-state index in [4.69, 9.17) is 0 Å². The van der Waals surface area contributed by atoms with Crippen molar-refractivity contribution in [3.8, 4) is 0 Å². The minimum Gasteiger partial charge on any atom is -0.347 e. The zero-order valence-electron chi connectivity index (χ0n) is 10.5. The van der Waals surface area contributed by atoms with Gasteiger partial charge in [0.15, 0.2) is 0 Å². The first kappa shape index (κ1) is 12.8. The van der Waals surface area contributed by atoms with Crippen LogP contribution in [0.4, 0.5) is 0 Å². The molecule has 1 saturated heterocycles. The molecule has 2 aliphatic heterocycles. The molecule has 0 bridgehead atoms. The molecule has 2 rings (SSSR count). The van der Waals surface area contributed by atoms with Crippen LogP contribution in [0.1, 0.15) is 25.7 Å². The predicted octanol–water partition coefficient (Wildman–Crippen LogP) is 0.514. The third kappa shape index (κ3) is 3.18. The molecule has 18 heavy (non-hydrogen) atoms. The van der Waals surface area contributed by atoms with Gasteiger partial charge in [0.2, 0.25) is 12.3 Å². The van der Waals surface area contributed by atoms with E-state index in [0.29, 0.717) is 19.5 Å². The van der Waals surface area contributed by atoms with Crippen LogP contribution in [0.25, 0.3) is 0 Å². The summed E-state index contributed by atoms with van der Waals surface area (Å²) in [4.78, 5) is 28.8. The van der Waals surface area contributed by atoms with Crippen molar-refractivity contribution in [3.63, 3.8) is 0 Å². The van der Waals surface area contributed by atoms with Gasteiger partial charge in [-0.25, -0.2) is 0 Å². The highest BCUT2D eigenvalue weighted by Crippen LogP contribution is 2.15. The fourth-order valence-electron chi connectivity index (χ4n) is 2.39. The Morgan fingerprint density at radius 2 is 2.39 bits per heavy atom. The Labute approximate surface area is 107 Å². The van der Waals surface area contributed by atoms with Crippen LogP contribution in [0, 0.1) is 0 Å². The first-order chi connectivity index (χ1) is 8.81. The fourth-order valence-corrected chi connectivity index (χ4v) is 2.39. The van der Waals surface area contributed by atoms with Crippen molar-refractivity contribution in [2.45, 2.75) is 31.7 Å². The van der Waals surface area contributed by atoms with Gasteiger partial charge in [-0.1, -0.05) is 6.08 Å². The number of amides is 2. The molecule has 0 aromatic heterocycles. The van der Waals surface area contributed by atoms with E-state index in [0.717, 1.165) is 32.2 Å². The highest BCUT2D eigenvalue weighted by atomic mass is 16.2. The van der Waals surface area contributed by atoms with Crippen molar-refractivity contribution in [2.24, 2.45) is 4.99 Å². The van der Waals surface area contributed by atoms with Crippen molar-refractivity contribution in [2.75, 3.05) is 19.6 Å². The summed E-state index contributed by atoms with van der Waals surface area (Å²) in [6.07, 6.45) is 8.17. The molecule has 1 N–H and O–H groups in total. The summed E-state index contributed by atoms with van der Waals surface area (Å²) in [7, 11) is 0. The lowest BCUT2D eigenvalue weighted by Crippen LogP contribution is -2.45. The van der Waals surface area contributed by atoms with Crippen LogP contribution < -0.4 is 5.32 Å². The number of likely N-dealkylation sites (tertiary alicyclic amines) is 1. The Morgan fingerprint density at radius 1 is 1.50 bits per heavy atom. The number of aliphatic imine (C=N–C) groups is 1. The van der Waals surface area contributed by atoms with Gasteiger partial charge >= 0.3 is 0 Å². The zero-order valence-corrected chi connectivity index (χ0v) is 10.5. The standard InChI is InChI=1S/C13H19N3O2/c17-10-15-12-3-1-2-8-16(13(12)18)9-11-4-6-14-7-5-11/h4,7,10,12H,1-3,5-6,8-9H2,(H,15,17)/t12-/m0/s1. The number of carbonyl (C=O) groups excluding carboxylic acids is 2. The molecule has 0 aromatic rings. The van der Waals surface area contributed by atoms with Gasteiger partial charge in [-0.3, -0.25) is 14.6 Å². The predicted molar refractivity (Wildman–Crippen MR) is 69.5 cm³/mol. The molecule has 98 valence electrons. The molecular formula is C13H19N3O2. The summed E-state index contributed by atoms with van der Waals surface area (Å²) in [5.41, 5.74) is 1.24. The molecule has 0 spiro atoms. The maximum Gasteiger partial charge on any atom is 0.245 e. The van der Waals surface area contributed by atoms with Gasteiger partial charge < -0.3 is 10.2 Å². The topological polar surface area (TPSA) is 61.8 Å². The minimum absolute atomic E-state index is 0.0445. The van der Waals surface area contributed by atoms with E-state index in [-0.39, 0.29) is 11.9 Å². The molecule has 2 heterocycles. The van der Waals surface area contributed by atoms with Crippen LogP contribution in [-0.2, 0) is 9.59 Å². The summed E-state index contributed by atoms with van der Waals surface area (Å²) in [6, 6.07) is -0.345. The molecule has 0 saturated carbocycles. The monoisotopic (exact) mass is 249 g/mol. The lowest BCUT2D eigenvalue weighted by atomic mass is 10.1. The van der Waals surface area contributed by atoms with E-state index in [1.807, 2.05) is 11.1 Å². The molecular weight excluding hydrogens is 230 g/mol. The van der Waals surface area contributed by atoms with Crippen molar-refractivity contribution >= 4 is 18.5 Å². The van der Waals surface area contributed by atoms with Crippen LogP contribution >= 0.6 is 0 Å². The summed E-state index contributed by atoms with van der Waals surface area (Å²) in [5.74, 6) is 0.0445. The average Bonchev–Trinajstić information content (AvgIpc) is 2.56. The van der Waals surface area contributed by atoms with E-state index < -0.39 is 0 Å². The Morgan fingerprint density at radius 3 is 3.11 bits per heavy atom. The van der Waals surface area contributed by atoms with Crippen LogP contribution in [0.2, 0.25) is 0 Å². The lowest BCUT2D eigenvalue weighted by molar-refractivity contribution is -0.133. The summed E-state index contributed by atoms with van der Waals surface area (Å²) < 4.78 is 0. The smallest absolute Gasteiger partial charge is 0.245 e. The van der Waals surface area contributed by atoms with E-state index in [1.165, 1.54) is 5.57 Å². The molecule has 0 aromatic carbocycles. The summed E-state index contributed by atoms with van der Waals surface area (Å²) in [5, 5.41) is 2.62. The molecule has 2 amide bonds. The molecule has 0 unspecified atom stereocenters. The van der Waals surface area contributed by atoms with Crippen molar-refractivity contribution in [1.29, 1.82) is 0 Å².